The summed E-state index contributed by atoms with van der Waals surface area (Å²) >= 11 is 0. The molecule has 0 saturated heterocycles. The lowest BCUT2D eigenvalue weighted by molar-refractivity contribution is 0.877. The van der Waals surface area contributed by atoms with Crippen molar-refractivity contribution in [2.45, 2.75) is 25.4 Å². The minimum absolute atomic E-state index is 0. The number of rotatable bonds is 4. The topological polar surface area (TPSA) is 81.1 Å². The fourth-order valence-electron chi connectivity index (χ4n) is 1.72. The Hall–Kier alpha value is -1.64. The fourth-order valence-corrected chi connectivity index (χ4v) is 1.72. The molecule has 0 radical (unpaired) electrons. The zero-order valence-corrected chi connectivity index (χ0v) is 13.3. The molecule has 0 spiro atoms. The number of nitrogens with one attached hydrogen (secondary N) is 1. The lowest BCUT2D eigenvalue weighted by atomic mass is 10.3. The maximum Gasteiger partial charge on any atom is 0.189 e. The Kier molecular flexibility index (Phi) is 4.94. The Labute approximate surface area is 134 Å². The molecule has 20 heavy (non-hydrogen) atoms. The minimum Gasteiger partial charge on any atom is -0.370 e. The van der Waals surface area contributed by atoms with Crippen LogP contribution in [0, 0.1) is 0 Å². The summed E-state index contributed by atoms with van der Waals surface area (Å²) in [5, 5.41) is 3.15. The third-order valence-corrected chi connectivity index (χ3v) is 2.94. The number of guanidine groups is 1. The van der Waals surface area contributed by atoms with E-state index in [1.807, 2.05) is 29.1 Å². The second-order valence-corrected chi connectivity index (χ2v) is 4.61. The van der Waals surface area contributed by atoms with Crippen LogP contribution in [0.4, 0.5) is 0 Å². The van der Waals surface area contributed by atoms with Gasteiger partial charge in [0, 0.05) is 24.6 Å². The highest BCUT2D eigenvalue weighted by Gasteiger charge is 2.21. The van der Waals surface area contributed by atoms with Gasteiger partial charge in [0.1, 0.15) is 12.1 Å². The molecule has 0 atom stereocenters. The van der Waals surface area contributed by atoms with Crippen LogP contribution in [-0.2, 0) is 6.54 Å². The molecule has 0 amide bonds. The zero-order chi connectivity index (χ0) is 13.1. The van der Waals surface area contributed by atoms with Crippen molar-refractivity contribution >= 4 is 29.9 Å². The number of pyridine rings is 1. The maximum absolute atomic E-state index is 5.78. The Bertz CT molecular complexity index is 559. The van der Waals surface area contributed by atoms with Crippen molar-refractivity contribution < 1.29 is 0 Å². The normalized spacial score (nSPS) is 14.7. The zero-order valence-electron chi connectivity index (χ0n) is 10.9. The highest BCUT2D eigenvalue weighted by Crippen LogP contribution is 2.18. The molecule has 1 aliphatic carbocycles. The van der Waals surface area contributed by atoms with Gasteiger partial charge in [0.2, 0.25) is 0 Å². The van der Waals surface area contributed by atoms with Crippen LogP contribution in [0.1, 0.15) is 18.4 Å². The van der Waals surface area contributed by atoms with E-state index < -0.39 is 0 Å². The summed E-state index contributed by atoms with van der Waals surface area (Å²) in [6.45, 7) is 0.544. The van der Waals surface area contributed by atoms with Crippen molar-refractivity contribution in [1.29, 1.82) is 0 Å². The Morgan fingerprint density at radius 3 is 2.90 bits per heavy atom. The standard InChI is InChI=1S/C13H16N6.HI/c14-13(18-11-2-3-11)17-8-10-1-4-12(16-7-10)19-6-5-15-9-19;/h1,4-7,9,11H,2-3,8H2,(H3,14,17,18);1H. The largest absolute Gasteiger partial charge is 0.370 e. The molecule has 2 heterocycles. The average Bonchev–Trinajstić information content (AvgIpc) is 3.07. The molecule has 1 aliphatic rings. The van der Waals surface area contributed by atoms with Gasteiger partial charge in [-0.05, 0) is 24.5 Å². The van der Waals surface area contributed by atoms with E-state index in [2.05, 4.69) is 20.3 Å². The molecule has 2 aromatic rings. The number of imidazole rings is 1. The first-order chi connectivity index (χ1) is 9.31. The fraction of sp³-hybridized carbons (Fsp3) is 0.308. The van der Waals surface area contributed by atoms with E-state index in [0.717, 1.165) is 11.4 Å². The number of aromatic nitrogens is 3. The first-order valence-corrected chi connectivity index (χ1v) is 6.31. The number of hydrogen-bond donors (Lipinski definition) is 2. The molecule has 3 N–H and O–H groups in total. The number of nitrogens with two attached hydrogens (primary N) is 1. The van der Waals surface area contributed by atoms with Gasteiger partial charge in [0.25, 0.3) is 0 Å². The maximum atomic E-state index is 5.78. The van der Waals surface area contributed by atoms with E-state index in [-0.39, 0.29) is 24.0 Å². The van der Waals surface area contributed by atoms with Crippen molar-refractivity contribution in [3.05, 3.63) is 42.6 Å². The van der Waals surface area contributed by atoms with Gasteiger partial charge in [-0.15, -0.1) is 24.0 Å². The molecule has 106 valence electrons. The Balaban J connectivity index is 0.00000147. The van der Waals surface area contributed by atoms with E-state index in [4.69, 9.17) is 5.73 Å². The molecule has 0 unspecified atom stereocenters. The average molecular weight is 384 g/mol. The summed E-state index contributed by atoms with van der Waals surface area (Å²) in [6.07, 6.45) is 9.50. The Morgan fingerprint density at radius 1 is 1.45 bits per heavy atom. The second kappa shape index (κ2) is 6.69. The van der Waals surface area contributed by atoms with Crippen molar-refractivity contribution in [3.63, 3.8) is 0 Å². The van der Waals surface area contributed by atoms with Crippen molar-refractivity contribution in [2.24, 2.45) is 10.7 Å². The number of halogens is 1. The molecule has 6 nitrogen and oxygen atoms in total. The summed E-state index contributed by atoms with van der Waals surface area (Å²) in [4.78, 5) is 12.6. The molecule has 0 bridgehead atoms. The lowest BCUT2D eigenvalue weighted by Crippen LogP contribution is -2.33. The predicted octanol–water partition coefficient (Wildman–Crippen LogP) is 1.45. The van der Waals surface area contributed by atoms with Gasteiger partial charge in [-0.25, -0.2) is 15.0 Å². The van der Waals surface area contributed by atoms with E-state index in [1.54, 1.807) is 12.5 Å². The molecule has 0 aromatic carbocycles. The van der Waals surface area contributed by atoms with E-state index in [0.29, 0.717) is 18.5 Å². The minimum atomic E-state index is 0. The molecular formula is C13H17IN6. The van der Waals surface area contributed by atoms with Crippen LogP contribution >= 0.6 is 24.0 Å². The van der Waals surface area contributed by atoms with Crippen LogP contribution < -0.4 is 11.1 Å². The van der Waals surface area contributed by atoms with Crippen LogP contribution in [0.2, 0.25) is 0 Å². The van der Waals surface area contributed by atoms with Crippen LogP contribution in [0.15, 0.2) is 42.0 Å². The summed E-state index contributed by atoms with van der Waals surface area (Å²) in [7, 11) is 0. The molecule has 1 fully saturated rings. The highest BCUT2D eigenvalue weighted by molar-refractivity contribution is 14.0. The van der Waals surface area contributed by atoms with Crippen LogP contribution in [0.25, 0.3) is 5.82 Å². The first-order valence-electron chi connectivity index (χ1n) is 6.31. The quantitative estimate of drug-likeness (QED) is 0.475. The van der Waals surface area contributed by atoms with Gasteiger partial charge in [-0.2, -0.15) is 0 Å². The predicted molar refractivity (Wildman–Crippen MR) is 88.3 cm³/mol. The SMILES string of the molecule is I.NC(=NCc1ccc(-n2ccnc2)nc1)NC1CC1. The number of nitrogens with zero attached hydrogens (tertiary/aromatic N) is 4. The monoisotopic (exact) mass is 384 g/mol. The van der Waals surface area contributed by atoms with Crippen molar-refractivity contribution in [2.75, 3.05) is 0 Å². The number of aliphatic imine (C=N–C) groups is 1. The smallest absolute Gasteiger partial charge is 0.189 e. The van der Waals surface area contributed by atoms with Gasteiger partial charge < -0.3 is 11.1 Å². The van der Waals surface area contributed by atoms with E-state index in [9.17, 15) is 0 Å². The molecular weight excluding hydrogens is 367 g/mol. The molecule has 1 saturated carbocycles. The van der Waals surface area contributed by atoms with E-state index >= 15 is 0 Å². The highest BCUT2D eigenvalue weighted by atomic mass is 127. The van der Waals surface area contributed by atoms with E-state index in [1.165, 1.54) is 12.8 Å². The first kappa shape index (κ1) is 14.8. The molecule has 7 heteroatoms. The van der Waals surface area contributed by atoms with Gasteiger partial charge in [-0.3, -0.25) is 4.57 Å². The summed E-state index contributed by atoms with van der Waals surface area (Å²) in [5.74, 6) is 1.36. The van der Waals surface area contributed by atoms with Gasteiger partial charge in [0.15, 0.2) is 5.96 Å². The van der Waals surface area contributed by atoms with Crippen LogP contribution in [-0.4, -0.2) is 26.5 Å². The van der Waals surface area contributed by atoms with Gasteiger partial charge in [0.05, 0.1) is 6.54 Å². The van der Waals surface area contributed by atoms with Gasteiger partial charge >= 0.3 is 0 Å². The molecule has 2 aromatic heterocycles. The summed E-state index contributed by atoms with van der Waals surface area (Å²) < 4.78 is 1.86. The number of hydrogen-bond acceptors (Lipinski definition) is 3. The lowest BCUT2D eigenvalue weighted by Gasteiger charge is -2.04. The molecule has 0 aliphatic heterocycles. The van der Waals surface area contributed by atoms with Crippen molar-refractivity contribution in [3.8, 4) is 5.82 Å². The van der Waals surface area contributed by atoms with Crippen LogP contribution in [0.3, 0.4) is 0 Å². The van der Waals surface area contributed by atoms with Gasteiger partial charge in [-0.1, -0.05) is 6.07 Å². The van der Waals surface area contributed by atoms with Crippen molar-refractivity contribution in [1.82, 2.24) is 19.9 Å². The summed E-state index contributed by atoms with van der Waals surface area (Å²) in [6, 6.07) is 4.47. The second-order valence-electron chi connectivity index (χ2n) is 4.61. The molecule has 3 rings (SSSR count). The summed E-state index contributed by atoms with van der Waals surface area (Å²) in [5.41, 5.74) is 6.81. The Morgan fingerprint density at radius 2 is 2.30 bits per heavy atom. The van der Waals surface area contributed by atoms with Crippen LogP contribution in [0.5, 0.6) is 0 Å². The third-order valence-electron chi connectivity index (χ3n) is 2.94. The third kappa shape index (κ3) is 3.92.